The fourth-order valence-corrected chi connectivity index (χ4v) is 1.48. The highest BCUT2D eigenvalue weighted by atomic mass is 14.9. The molecule has 0 saturated heterocycles. The zero-order valence-corrected chi connectivity index (χ0v) is 11.0. The van der Waals surface area contributed by atoms with E-state index in [4.69, 9.17) is 0 Å². The molecule has 0 aliphatic carbocycles. The van der Waals surface area contributed by atoms with Gasteiger partial charge in [0.1, 0.15) is 0 Å². The van der Waals surface area contributed by atoms with E-state index in [2.05, 4.69) is 46.9 Å². The van der Waals surface area contributed by atoms with E-state index >= 15 is 0 Å². The van der Waals surface area contributed by atoms with Crippen molar-refractivity contribution in [2.75, 3.05) is 6.54 Å². The van der Waals surface area contributed by atoms with Crippen LogP contribution in [-0.4, -0.2) is 12.1 Å². The summed E-state index contributed by atoms with van der Waals surface area (Å²) in [5, 5.41) is 3.58. The molecule has 0 aromatic rings. The topological polar surface area (TPSA) is 12.0 Å². The van der Waals surface area contributed by atoms with Gasteiger partial charge in [0.05, 0.1) is 0 Å². The molecule has 1 heteroatoms. The third kappa shape index (κ3) is 7.37. The Labute approximate surface area is 90.7 Å². The van der Waals surface area contributed by atoms with Crippen molar-refractivity contribution in [3.63, 3.8) is 0 Å². The van der Waals surface area contributed by atoms with Gasteiger partial charge in [-0.2, -0.15) is 0 Å². The summed E-state index contributed by atoms with van der Waals surface area (Å²) in [6.45, 7) is 14.9. The Kier molecular flexibility index (Phi) is 6.43. The average Bonchev–Trinajstić information content (AvgIpc) is 2.09. The van der Waals surface area contributed by atoms with Gasteiger partial charge in [-0.1, -0.05) is 40.0 Å². The lowest BCUT2D eigenvalue weighted by Crippen LogP contribution is -2.39. The summed E-state index contributed by atoms with van der Waals surface area (Å²) in [5.74, 6) is 1.64. The lowest BCUT2D eigenvalue weighted by molar-refractivity contribution is 0.302. The molecule has 0 saturated carbocycles. The molecule has 86 valence electrons. The molecule has 1 N–H and O–H groups in total. The van der Waals surface area contributed by atoms with Gasteiger partial charge in [0.25, 0.3) is 0 Å². The van der Waals surface area contributed by atoms with E-state index in [1.165, 1.54) is 19.3 Å². The van der Waals surface area contributed by atoms with Gasteiger partial charge in [0, 0.05) is 5.54 Å². The molecular formula is C13H29N. The molecule has 0 spiro atoms. The van der Waals surface area contributed by atoms with E-state index in [0.717, 1.165) is 18.4 Å². The fourth-order valence-electron chi connectivity index (χ4n) is 1.48. The van der Waals surface area contributed by atoms with Crippen molar-refractivity contribution in [3.05, 3.63) is 0 Å². The summed E-state index contributed by atoms with van der Waals surface area (Å²) >= 11 is 0. The van der Waals surface area contributed by atoms with E-state index < -0.39 is 0 Å². The first-order valence-corrected chi connectivity index (χ1v) is 6.12. The maximum Gasteiger partial charge on any atom is 0.00966 e. The van der Waals surface area contributed by atoms with Crippen molar-refractivity contribution in [1.29, 1.82) is 0 Å². The van der Waals surface area contributed by atoms with Crippen molar-refractivity contribution >= 4 is 0 Å². The first-order chi connectivity index (χ1) is 6.37. The van der Waals surface area contributed by atoms with Gasteiger partial charge in [-0.15, -0.1) is 0 Å². The summed E-state index contributed by atoms with van der Waals surface area (Å²) in [7, 11) is 0. The minimum Gasteiger partial charge on any atom is -0.312 e. The van der Waals surface area contributed by atoms with Crippen LogP contribution in [0.4, 0.5) is 0 Å². The average molecular weight is 199 g/mol. The van der Waals surface area contributed by atoms with Crippen molar-refractivity contribution in [2.24, 2.45) is 11.8 Å². The lowest BCUT2D eigenvalue weighted by atomic mass is 9.90. The largest absolute Gasteiger partial charge is 0.312 e. The summed E-state index contributed by atoms with van der Waals surface area (Å²) in [6.07, 6.45) is 4.08. The molecule has 2 atom stereocenters. The number of hydrogen-bond acceptors (Lipinski definition) is 1. The van der Waals surface area contributed by atoms with Crippen LogP contribution in [0.3, 0.4) is 0 Å². The van der Waals surface area contributed by atoms with Gasteiger partial charge in [-0.05, 0) is 39.2 Å². The molecule has 0 bridgehead atoms. The van der Waals surface area contributed by atoms with E-state index in [0.29, 0.717) is 0 Å². The molecule has 14 heavy (non-hydrogen) atoms. The lowest BCUT2D eigenvalue weighted by Gasteiger charge is -2.26. The molecule has 0 aliphatic heterocycles. The quantitative estimate of drug-likeness (QED) is 0.685. The van der Waals surface area contributed by atoms with Crippen LogP contribution in [0.5, 0.6) is 0 Å². The molecule has 0 amide bonds. The third-order valence-corrected chi connectivity index (χ3v) is 2.94. The minimum atomic E-state index is 0.263. The van der Waals surface area contributed by atoms with Crippen LogP contribution in [-0.2, 0) is 0 Å². The highest BCUT2D eigenvalue weighted by Crippen LogP contribution is 2.17. The van der Waals surface area contributed by atoms with E-state index in [-0.39, 0.29) is 5.54 Å². The van der Waals surface area contributed by atoms with Gasteiger partial charge in [-0.25, -0.2) is 0 Å². The molecule has 0 radical (unpaired) electrons. The van der Waals surface area contributed by atoms with Crippen LogP contribution < -0.4 is 5.32 Å². The fraction of sp³-hybridized carbons (Fsp3) is 1.00. The molecule has 0 fully saturated rings. The normalized spacial score (nSPS) is 16.7. The predicted molar refractivity (Wildman–Crippen MR) is 65.6 cm³/mol. The van der Waals surface area contributed by atoms with Crippen molar-refractivity contribution in [3.8, 4) is 0 Å². The molecule has 2 unspecified atom stereocenters. The molecule has 0 aromatic heterocycles. The van der Waals surface area contributed by atoms with E-state index in [1.807, 2.05) is 0 Å². The van der Waals surface area contributed by atoms with Gasteiger partial charge < -0.3 is 5.32 Å². The summed E-state index contributed by atoms with van der Waals surface area (Å²) in [5.41, 5.74) is 0.263. The Bertz CT molecular complexity index is 135. The van der Waals surface area contributed by atoms with Crippen molar-refractivity contribution in [2.45, 2.75) is 66.3 Å². The third-order valence-electron chi connectivity index (χ3n) is 2.94. The van der Waals surface area contributed by atoms with Crippen LogP contribution in [0.25, 0.3) is 0 Å². The van der Waals surface area contributed by atoms with E-state index in [1.54, 1.807) is 0 Å². The zero-order chi connectivity index (χ0) is 11.2. The Morgan fingerprint density at radius 3 is 2.07 bits per heavy atom. The minimum absolute atomic E-state index is 0.263. The molecule has 0 aromatic carbocycles. The molecule has 0 heterocycles. The van der Waals surface area contributed by atoms with Crippen molar-refractivity contribution < 1.29 is 0 Å². The number of rotatable bonds is 6. The predicted octanol–water partition coefficient (Wildman–Crippen LogP) is 3.84. The highest BCUT2D eigenvalue weighted by molar-refractivity contribution is 4.73. The molecular weight excluding hydrogens is 170 g/mol. The van der Waals surface area contributed by atoms with Crippen LogP contribution in [0, 0.1) is 11.8 Å². The smallest absolute Gasteiger partial charge is 0.00966 e. The van der Waals surface area contributed by atoms with Crippen LogP contribution in [0.15, 0.2) is 0 Å². The maximum absolute atomic E-state index is 3.58. The second-order valence-corrected chi connectivity index (χ2v) is 5.73. The summed E-state index contributed by atoms with van der Waals surface area (Å²) in [4.78, 5) is 0. The van der Waals surface area contributed by atoms with Crippen molar-refractivity contribution in [1.82, 2.24) is 5.32 Å². The van der Waals surface area contributed by atoms with Gasteiger partial charge in [-0.3, -0.25) is 0 Å². The first-order valence-electron chi connectivity index (χ1n) is 6.12. The zero-order valence-electron chi connectivity index (χ0n) is 11.0. The van der Waals surface area contributed by atoms with Crippen LogP contribution in [0.2, 0.25) is 0 Å². The Morgan fingerprint density at radius 1 is 1.07 bits per heavy atom. The molecule has 1 nitrogen and oxygen atoms in total. The summed E-state index contributed by atoms with van der Waals surface area (Å²) < 4.78 is 0. The van der Waals surface area contributed by atoms with E-state index in [9.17, 15) is 0 Å². The SMILES string of the molecule is CCCCC(C)C(C)CNC(C)(C)C. The van der Waals surface area contributed by atoms with Crippen LogP contribution >= 0.6 is 0 Å². The number of nitrogens with one attached hydrogen (secondary N) is 1. The Hall–Kier alpha value is -0.0400. The Balaban J connectivity index is 3.67. The number of hydrogen-bond donors (Lipinski definition) is 1. The Morgan fingerprint density at radius 2 is 1.64 bits per heavy atom. The van der Waals surface area contributed by atoms with Gasteiger partial charge >= 0.3 is 0 Å². The maximum atomic E-state index is 3.58. The highest BCUT2D eigenvalue weighted by Gasteiger charge is 2.15. The molecule has 0 rings (SSSR count). The first kappa shape index (κ1) is 14.0. The number of unbranched alkanes of at least 4 members (excludes halogenated alkanes) is 1. The monoisotopic (exact) mass is 199 g/mol. The second kappa shape index (κ2) is 6.44. The summed E-state index contributed by atoms with van der Waals surface area (Å²) in [6, 6.07) is 0. The molecule has 0 aliphatic rings. The van der Waals surface area contributed by atoms with Gasteiger partial charge in [0.2, 0.25) is 0 Å². The standard InChI is InChI=1S/C13H29N/c1-7-8-9-11(2)12(3)10-14-13(4,5)6/h11-12,14H,7-10H2,1-6H3. The van der Waals surface area contributed by atoms with Gasteiger partial charge in [0.15, 0.2) is 0 Å². The second-order valence-electron chi connectivity index (χ2n) is 5.73. The van der Waals surface area contributed by atoms with Crippen LogP contribution in [0.1, 0.15) is 60.8 Å².